The van der Waals surface area contributed by atoms with E-state index in [1.807, 2.05) is 0 Å². The highest BCUT2D eigenvalue weighted by atomic mass is 19.3. The maximum atomic E-state index is 12.7. The van der Waals surface area contributed by atoms with Crippen molar-refractivity contribution < 1.29 is 13.6 Å². The first-order valence-corrected chi connectivity index (χ1v) is 4.58. The second-order valence-corrected chi connectivity index (χ2v) is 3.74. The second-order valence-electron chi connectivity index (χ2n) is 3.74. The number of nitrogens with zero attached hydrogens (tertiary/aromatic N) is 1. The summed E-state index contributed by atoms with van der Waals surface area (Å²) in [5.41, 5.74) is 0. The molecule has 0 aliphatic carbocycles. The Kier molecular flexibility index (Phi) is 3.36. The van der Waals surface area contributed by atoms with Crippen LogP contribution in [0, 0.1) is 0 Å². The molecule has 0 aromatic carbocycles. The van der Waals surface area contributed by atoms with Crippen LogP contribution in [-0.4, -0.2) is 36.2 Å². The molecule has 1 aliphatic rings. The Morgan fingerprint density at radius 1 is 1.62 bits per heavy atom. The van der Waals surface area contributed by atoms with E-state index in [1.54, 1.807) is 4.90 Å². The largest absolute Gasteiger partial charge is 0.303 e. The molecule has 1 heterocycles. The molecule has 0 bridgehead atoms. The van der Waals surface area contributed by atoms with Gasteiger partial charge in [0.2, 0.25) is 0 Å². The molecule has 1 unspecified atom stereocenters. The zero-order valence-electron chi connectivity index (χ0n) is 7.80. The van der Waals surface area contributed by atoms with E-state index in [4.69, 9.17) is 0 Å². The van der Waals surface area contributed by atoms with Crippen LogP contribution in [0.15, 0.2) is 0 Å². The Labute approximate surface area is 76.9 Å². The van der Waals surface area contributed by atoms with Crippen molar-refractivity contribution in [3.63, 3.8) is 0 Å². The molecular weight excluding hydrogens is 176 g/mol. The molecule has 0 radical (unpaired) electrons. The van der Waals surface area contributed by atoms with Crippen molar-refractivity contribution in [2.45, 2.75) is 38.2 Å². The minimum absolute atomic E-state index is 0.0447. The minimum atomic E-state index is -2.65. The van der Waals surface area contributed by atoms with Crippen LogP contribution in [0.2, 0.25) is 0 Å². The van der Waals surface area contributed by atoms with Crippen molar-refractivity contribution in [1.82, 2.24) is 4.90 Å². The molecule has 4 heteroatoms. The lowest BCUT2D eigenvalue weighted by molar-refractivity contribution is -0.109. The van der Waals surface area contributed by atoms with Crippen molar-refractivity contribution in [2.24, 2.45) is 0 Å². The lowest BCUT2D eigenvalue weighted by Crippen LogP contribution is -2.38. The third-order valence-corrected chi connectivity index (χ3v) is 2.35. The molecule has 1 saturated heterocycles. The van der Waals surface area contributed by atoms with E-state index in [2.05, 4.69) is 0 Å². The van der Waals surface area contributed by atoms with E-state index in [-0.39, 0.29) is 12.6 Å². The Balaban J connectivity index is 2.43. The third kappa shape index (κ3) is 3.38. The standard InChI is InChI=1S/C9H15F2NO/c1-9(10,11)7-12-5-2-3-8(12)4-6-13/h6,8H,2-5,7H2,1H3. The molecular formula is C9H15F2NO. The van der Waals surface area contributed by atoms with Crippen molar-refractivity contribution >= 4 is 6.29 Å². The van der Waals surface area contributed by atoms with E-state index in [0.717, 1.165) is 26.1 Å². The molecule has 13 heavy (non-hydrogen) atoms. The summed E-state index contributed by atoms with van der Waals surface area (Å²) in [5.74, 6) is -2.65. The number of aldehydes is 1. The van der Waals surface area contributed by atoms with E-state index in [9.17, 15) is 13.6 Å². The maximum Gasteiger partial charge on any atom is 0.257 e. The molecule has 0 aromatic rings. The highest BCUT2D eigenvalue weighted by Crippen LogP contribution is 2.23. The number of hydrogen-bond donors (Lipinski definition) is 0. The third-order valence-electron chi connectivity index (χ3n) is 2.35. The number of halogens is 2. The normalized spacial score (nSPS) is 25.0. The topological polar surface area (TPSA) is 20.3 Å². The van der Waals surface area contributed by atoms with Crippen LogP contribution in [0.1, 0.15) is 26.2 Å². The summed E-state index contributed by atoms with van der Waals surface area (Å²) >= 11 is 0. The van der Waals surface area contributed by atoms with Gasteiger partial charge in [0, 0.05) is 19.4 Å². The van der Waals surface area contributed by atoms with E-state index < -0.39 is 5.92 Å². The van der Waals surface area contributed by atoms with Crippen LogP contribution in [0.3, 0.4) is 0 Å². The van der Waals surface area contributed by atoms with Gasteiger partial charge in [-0.05, 0) is 19.4 Å². The maximum absolute atomic E-state index is 12.7. The monoisotopic (exact) mass is 191 g/mol. The van der Waals surface area contributed by atoms with Crippen LogP contribution in [0.4, 0.5) is 8.78 Å². The molecule has 0 spiro atoms. The fourth-order valence-electron chi connectivity index (χ4n) is 1.84. The van der Waals surface area contributed by atoms with Crippen molar-refractivity contribution in [1.29, 1.82) is 0 Å². The van der Waals surface area contributed by atoms with Gasteiger partial charge in [0.1, 0.15) is 6.29 Å². The predicted octanol–water partition coefficient (Wildman–Crippen LogP) is 1.70. The zero-order chi connectivity index (χ0) is 9.90. The molecule has 1 rings (SSSR count). The number of alkyl halides is 2. The Bertz CT molecular complexity index is 179. The van der Waals surface area contributed by atoms with Crippen LogP contribution < -0.4 is 0 Å². The summed E-state index contributed by atoms with van der Waals surface area (Å²) in [7, 11) is 0. The van der Waals surface area contributed by atoms with Crippen LogP contribution >= 0.6 is 0 Å². The first kappa shape index (κ1) is 10.6. The molecule has 0 N–H and O–H groups in total. The van der Waals surface area contributed by atoms with E-state index >= 15 is 0 Å². The molecule has 1 aliphatic heterocycles. The van der Waals surface area contributed by atoms with Crippen molar-refractivity contribution in [2.75, 3.05) is 13.1 Å². The Hall–Kier alpha value is -0.510. The summed E-state index contributed by atoms with van der Waals surface area (Å²) in [4.78, 5) is 12.0. The van der Waals surface area contributed by atoms with Gasteiger partial charge in [0.25, 0.3) is 5.92 Å². The van der Waals surface area contributed by atoms with Crippen LogP contribution in [0.25, 0.3) is 0 Å². The fourth-order valence-corrected chi connectivity index (χ4v) is 1.84. The average Bonchev–Trinajstić information content (AvgIpc) is 2.34. The second kappa shape index (κ2) is 4.13. The van der Waals surface area contributed by atoms with Gasteiger partial charge < -0.3 is 4.79 Å². The molecule has 0 amide bonds. The smallest absolute Gasteiger partial charge is 0.257 e. The minimum Gasteiger partial charge on any atom is -0.303 e. The number of carbonyl (C=O) groups excluding carboxylic acids is 1. The first-order chi connectivity index (χ1) is 6.03. The number of rotatable bonds is 4. The number of likely N-dealkylation sites (tertiary alicyclic amines) is 1. The summed E-state index contributed by atoms with van der Waals surface area (Å²) in [6.07, 6.45) is 3.00. The molecule has 76 valence electrons. The van der Waals surface area contributed by atoms with Gasteiger partial charge in [0.15, 0.2) is 0 Å². The summed E-state index contributed by atoms with van der Waals surface area (Å²) in [6.45, 7) is 1.40. The molecule has 1 fully saturated rings. The van der Waals surface area contributed by atoms with Crippen LogP contribution in [-0.2, 0) is 4.79 Å². The van der Waals surface area contributed by atoms with Gasteiger partial charge in [-0.2, -0.15) is 0 Å². The summed E-state index contributed by atoms with van der Waals surface area (Å²) < 4.78 is 25.3. The highest BCUT2D eigenvalue weighted by Gasteiger charge is 2.31. The highest BCUT2D eigenvalue weighted by molar-refractivity contribution is 5.50. The van der Waals surface area contributed by atoms with Gasteiger partial charge in [0.05, 0.1) is 6.54 Å². The van der Waals surface area contributed by atoms with Gasteiger partial charge in [-0.1, -0.05) is 0 Å². The van der Waals surface area contributed by atoms with Gasteiger partial charge in [-0.15, -0.1) is 0 Å². The fraction of sp³-hybridized carbons (Fsp3) is 0.889. The number of hydrogen-bond acceptors (Lipinski definition) is 2. The summed E-state index contributed by atoms with van der Waals surface area (Å²) in [6, 6.07) is 0.0447. The predicted molar refractivity (Wildman–Crippen MR) is 45.9 cm³/mol. The van der Waals surface area contributed by atoms with Crippen molar-refractivity contribution in [3.8, 4) is 0 Å². The van der Waals surface area contributed by atoms with Gasteiger partial charge >= 0.3 is 0 Å². The Morgan fingerprint density at radius 2 is 2.31 bits per heavy atom. The lowest BCUT2D eigenvalue weighted by Gasteiger charge is -2.25. The molecule has 2 nitrogen and oxygen atoms in total. The lowest BCUT2D eigenvalue weighted by atomic mass is 10.1. The SMILES string of the molecule is CC(F)(F)CN1CCCC1CC=O. The average molecular weight is 191 g/mol. The van der Waals surface area contributed by atoms with E-state index in [0.29, 0.717) is 13.0 Å². The van der Waals surface area contributed by atoms with Gasteiger partial charge in [-0.3, -0.25) is 4.90 Å². The Morgan fingerprint density at radius 3 is 2.85 bits per heavy atom. The molecule has 1 atom stereocenters. The number of carbonyl (C=O) groups is 1. The van der Waals surface area contributed by atoms with Gasteiger partial charge in [-0.25, -0.2) is 8.78 Å². The summed E-state index contributed by atoms with van der Waals surface area (Å²) in [5, 5.41) is 0. The van der Waals surface area contributed by atoms with Crippen LogP contribution in [0.5, 0.6) is 0 Å². The van der Waals surface area contributed by atoms with Crippen molar-refractivity contribution in [3.05, 3.63) is 0 Å². The molecule has 0 saturated carbocycles. The first-order valence-electron chi connectivity index (χ1n) is 4.58. The zero-order valence-corrected chi connectivity index (χ0v) is 7.80. The quantitative estimate of drug-likeness (QED) is 0.630. The van der Waals surface area contributed by atoms with E-state index in [1.165, 1.54) is 0 Å². The molecule has 0 aromatic heterocycles.